The number of rotatable bonds is 0. The van der Waals surface area contributed by atoms with E-state index in [0.29, 0.717) is 33.0 Å². The minimum Gasteiger partial charge on any atom is -0.288 e. The Morgan fingerprint density at radius 3 is 2.70 bits per heavy atom. The van der Waals surface area contributed by atoms with Crippen molar-refractivity contribution in [3.63, 3.8) is 0 Å². The van der Waals surface area contributed by atoms with Gasteiger partial charge < -0.3 is 0 Å². The van der Waals surface area contributed by atoms with Crippen LogP contribution in [0.1, 0.15) is 37.0 Å². The van der Waals surface area contributed by atoms with Crippen LogP contribution in [0, 0.1) is 6.92 Å². The van der Waals surface area contributed by atoms with E-state index in [1.807, 2.05) is 11.4 Å². The monoisotopic (exact) mass is 341 g/mol. The molecular weight excluding hydrogens is 337 g/mol. The highest BCUT2D eigenvalue weighted by Gasteiger charge is 2.48. The highest BCUT2D eigenvalue weighted by atomic mass is 35.5. The van der Waals surface area contributed by atoms with E-state index in [-0.39, 0.29) is 10.9 Å². The summed E-state index contributed by atoms with van der Waals surface area (Å²) in [5.41, 5.74) is 3.23. The number of hydrogen-bond acceptors (Lipinski definition) is 5. The lowest BCUT2D eigenvalue weighted by molar-refractivity contribution is 0.104. The highest BCUT2D eigenvalue weighted by molar-refractivity contribution is 8.17. The van der Waals surface area contributed by atoms with Crippen molar-refractivity contribution in [3.8, 4) is 11.1 Å². The van der Waals surface area contributed by atoms with Crippen molar-refractivity contribution in [2.24, 2.45) is 0 Å². The lowest BCUT2D eigenvalue weighted by Gasteiger charge is -2.12. The van der Waals surface area contributed by atoms with Crippen molar-refractivity contribution in [3.05, 3.63) is 38.8 Å². The maximum Gasteiger partial charge on any atom is 0.225 e. The van der Waals surface area contributed by atoms with Crippen molar-refractivity contribution >= 4 is 57.2 Å². The van der Waals surface area contributed by atoms with Crippen LogP contribution in [-0.2, 0) is 3.67 Å². The standard InChI is InChI=1S/C13H5Cl2NO2S2/c1-4-6-7(5-2-3-19-10(5)9(6)17)8-11(16-4)13(14,15)20-12(8)18/h2-3H,1H3. The van der Waals surface area contributed by atoms with Gasteiger partial charge in [0.05, 0.1) is 21.7 Å². The first-order valence-electron chi connectivity index (χ1n) is 5.70. The Morgan fingerprint density at radius 2 is 1.95 bits per heavy atom. The van der Waals surface area contributed by atoms with E-state index in [2.05, 4.69) is 4.98 Å². The normalized spacial score (nSPS) is 18.1. The summed E-state index contributed by atoms with van der Waals surface area (Å²) in [7, 11) is 0. The van der Waals surface area contributed by atoms with Gasteiger partial charge in [-0.15, -0.1) is 11.3 Å². The topological polar surface area (TPSA) is 47.0 Å². The second kappa shape index (κ2) is 3.85. The molecule has 1 aliphatic heterocycles. The van der Waals surface area contributed by atoms with Gasteiger partial charge in [-0.05, 0) is 30.1 Å². The molecule has 0 fully saturated rings. The molecule has 0 amide bonds. The van der Waals surface area contributed by atoms with E-state index in [1.54, 1.807) is 6.92 Å². The van der Waals surface area contributed by atoms with Gasteiger partial charge in [-0.1, -0.05) is 23.2 Å². The third-order valence-electron chi connectivity index (χ3n) is 3.45. The zero-order chi connectivity index (χ0) is 14.2. The third kappa shape index (κ3) is 1.41. The zero-order valence-electron chi connectivity index (χ0n) is 9.99. The van der Waals surface area contributed by atoms with E-state index in [1.165, 1.54) is 11.3 Å². The summed E-state index contributed by atoms with van der Waals surface area (Å²) in [6.45, 7) is 1.74. The molecular formula is C13H5Cl2NO2S2. The van der Waals surface area contributed by atoms with Gasteiger partial charge in [0.15, 0.2) is 0 Å². The predicted molar refractivity (Wildman–Crippen MR) is 81.0 cm³/mol. The van der Waals surface area contributed by atoms with Gasteiger partial charge in [0.25, 0.3) is 0 Å². The first kappa shape index (κ1) is 12.8. The zero-order valence-corrected chi connectivity index (χ0v) is 13.1. The van der Waals surface area contributed by atoms with Gasteiger partial charge in [0.2, 0.25) is 14.6 Å². The number of hydrogen-bond donors (Lipinski definition) is 0. The first-order chi connectivity index (χ1) is 9.42. The minimum absolute atomic E-state index is 0.0720. The average Bonchev–Trinajstić information content (AvgIpc) is 2.97. The van der Waals surface area contributed by atoms with Crippen LogP contribution in [0.15, 0.2) is 11.4 Å². The summed E-state index contributed by atoms with van der Waals surface area (Å²) in [4.78, 5) is 29.6. The Morgan fingerprint density at radius 1 is 1.20 bits per heavy atom. The van der Waals surface area contributed by atoms with Gasteiger partial charge in [-0.3, -0.25) is 14.6 Å². The number of thiophene rings is 1. The molecule has 1 aliphatic carbocycles. The molecule has 7 heteroatoms. The van der Waals surface area contributed by atoms with Gasteiger partial charge in [-0.2, -0.15) is 0 Å². The molecule has 3 nitrogen and oxygen atoms in total. The fraction of sp³-hybridized carbons (Fsp3) is 0.154. The molecule has 4 rings (SSSR count). The summed E-state index contributed by atoms with van der Waals surface area (Å²) in [6, 6.07) is 1.85. The Hall–Kier alpha value is -0.880. The molecule has 0 atom stereocenters. The molecule has 0 unspecified atom stereocenters. The molecule has 3 heterocycles. The molecule has 0 N–H and O–H groups in total. The van der Waals surface area contributed by atoms with Crippen molar-refractivity contribution in [2.45, 2.75) is 10.6 Å². The fourth-order valence-corrected chi connectivity index (χ4v) is 4.99. The van der Waals surface area contributed by atoms with Gasteiger partial charge >= 0.3 is 0 Å². The van der Waals surface area contributed by atoms with Crippen LogP contribution in [0.4, 0.5) is 0 Å². The number of ketones is 1. The van der Waals surface area contributed by atoms with Gasteiger partial charge in [-0.25, -0.2) is 0 Å². The number of thioether (sulfide) groups is 1. The van der Waals surface area contributed by atoms with Crippen LogP contribution in [0.25, 0.3) is 11.1 Å². The fourth-order valence-electron chi connectivity index (χ4n) is 2.67. The number of halogens is 2. The highest BCUT2D eigenvalue weighted by Crippen LogP contribution is 2.57. The lowest BCUT2D eigenvalue weighted by Crippen LogP contribution is -2.09. The van der Waals surface area contributed by atoms with E-state index in [0.717, 1.165) is 17.3 Å². The van der Waals surface area contributed by atoms with Crippen LogP contribution >= 0.6 is 46.3 Å². The molecule has 2 aromatic heterocycles. The Kier molecular flexibility index (Phi) is 2.47. The SMILES string of the molecule is Cc1nc2c(c3c1C(=O)c1sccc1-3)C(=O)SC2(Cl)Cl. The van der Waals surface area contributed by atoms with Crippen LogP contribution in [0.3, 0.4) is 0 Å². The minimum atomic E-state index is -1.38. The van der Waals surface area contributed by atoms with Crippen molar-refractivity contribution in [2.75, 3.05) is 0 Å². The van der Waals surface area contributed by atoms with Crippen molar-refractivity contribution in [1.29, 1.82) is 0 Å². The molecule has 20 heavy (non-hydrogen) atoms. The number of fused-ring (bicyclic) bond motifs is 5. The quantitative estimate of drug-likeness (QED) is 0.576. The smallest absolute Gasteiger partial charge is 0.225 e. The number of carbonyl (C=O) groups excluding carboxylic acids is 2. The van der Waals surface area contributed by atoms with E-state index in [9.17, 15) is 9.59 Å². The first-order valence-corrected chi connectivity index (χ1v) is 8.16. The number of pyridine rings is 1. The molecule has 0 bridgehead atoms. The van der Waals surface area contributed by atoms with Crippen LogP contribution < -0.4 is 0 Å². The summed E-state index contributed by atoms with van der Waals surface area (Å²) < 4.78 is -1.38. The largest absolute Gasteiger partial charge is 0.288 e. The predicted octanol–water partition coefficient (Wildman–Crippen LogP) is 4.14. The van der Waals surface area contributed by atoms with Gasteiger partial charge in [0.1, 0.15) is 0 Å². The van der Waals surface area contributed by atoms with E-state index in [4.69, 9.17) is 23.2 Å². The average molecular weight is 342 g/mol. The second-order valence-electron chi connectivity index (χ2n) is 4.57. The number of carbonyl (C=O) groups is 2. The number of nitrogens with zero attached hydrogens (tertiary/aromatic N) is 1. The number of aryl methyl sites for hydroxylation is 1. The molecule has 0 saturated heterocycles. The van der Waals surface area contributed by atoms with Crippen LogP contribution in [0.5, 0.6) is 0 Å². The van der Waals surface area contributed by atoms with Crippen LogP contribution in [-0.4, -0.2) is 15.9 Å². The summed E-state index contributed by atoms with van der Waals surface area (Å²) in [6.07, 6.45) is 0. The second-order valence-corrected chi connectivity index (χ2v) is 8.45. The number of aromatic nitrogens is 1. The Balaban J connectivity index is 2.18. The maximum atomic E-state index is 12.4. The molecule has 100 valence electrons. The molecule has 2 aliphatic rings. The Bertz CT molecular complexity index is 826. The molecule has 2 aromatic rings. The Labute approximate surface area is 132 Å². The molecule has 0 radical (unpaired) electrons. The third-order valence-corrected chi connectivity index (χ3v) is 6.02. The maximum absolute atomic E-state index is 12.4. The summed E-state index contributed by atoms with van der Waals surface area (Å²) in [5, 5.41) is 1.61. The molecule has 0 spiro atoms. The van der Waals surface area contributed by atoms with Gasteiger partial charge in [0, 0.05) is 16.8 Å². The van der Waals surface area contributed by atoms with Crippen molar-refractivity contribution in [1.82, 2.24) is 4.98 Å². The summed E-state index contributed by atoms with van der Waals surface area (Å²) >= 11 is 14.5. The molecule has 0 saturated carbocycles. The van der Waals surface area contributed by atoms with E-state index < -0.39 is 3.67 Å². The van der Waals surface area contributed by atoms with E-state index >= 15 is 0 Å². The lowest BCUT2D eigenvalue weighted by atomic mass is 9.99. The molecule has 0 aromatic carbocycles. The van der Waals surface area contributed by atoms with Crippen LogP contribution in [0.2, 0.25) is 0 Å². The number of alkyl halides is 2. The van der Waals surface area contributed by atoms with Crippen molar-refractivity contribution < 1.29 is 9.59 Å². The summed E-state index contributed by atoms with van der Waals surface area (Å²) in [5.74, 6) is -0.0720.